The molecule has 0 atom stereocenters. The maximum absolute atomic E-state index is 11.0. The second-order valence-corrected chi connectivity index (χ2v) is 4.64. The summed E-state index contributed by atoms with van der Waals surface area (Å²) in [4.78, 5) is 11.0. The Balaban J connectivity index is 3.15. The van der Waals surface area contributed by atoms with Gasteiger partial charge < -0.3 is 0 Å². The van der Waals surface area contributed by atoms with E-state index >= 15 is 0 Å². The zero-order chi connectivity index (χ0) is 14.3. The lowest BCUT2D eigenvalue weighted by Crippen LogP contribution is -1.92. The second kappa shape index (κ2) is 7.38. The molecule has 0 saturated carbocycles. The van der Waals surface area contributed by atoms with E-state index in [1.165, 1.54) is 16.7 Å². The van der Waals surface area contributed by atoms with Crippen LogP contribution in [-0.4, -0.2) is 5.78 Å². The molecular formula is C18H20O. The standard InChI is InChI=1S/C18H20O/c1-5-6-12-17(13-8-11-16(4)19)18-14(2)9-7-10-15(18)3/h1,7-10,12-13H,6,11H2,2-4H3/b13-8-,17-12+. The van der Waals surface area contributed by atoms with Crippen LogP contribution in [0.4, 0.5) is 0 Å². The first kappa shape index (κ1) is 15.0. The van der Waals surface area contributed by atoms with Crippen molar-refractivity contribution >= 4 is 11.4 Å². The average molecular weight is 252 g/mol. The van der Waals surface area contributed by atoms with Crippen molar-refractivity contribution in [2.75, 3.05) is 0 Å². The van der Waals surface area contributed by atoms with E-state index < -0.39 is 0 Å². The van der Waals surface area contributed by atoms with Crippen molar-refractivity contribution < 1.29 is 4.79 Å². The fourth-order valence-electron chi connectivity index (χ4n) is 2.04. The summed E-state index contributed by atoms with van der Waals surface area (Å²) >= 11 is 0. The molecule has 98 valence electrons. The van der Waals surface area contributed by atoms with E-state index in [-0.39, 0.29) is 5.78 Å². The number of hydrogen-bond donors (Lipinski definition) is 0. The number of carbonyl (C=O) groups excluding carboxylic acids is 1. The summed E-state index contributed by atoms with van der Waals surface area (Å²) in [5, 5.41) is 0. The Morgan fingerprint density at radius 1 is 1.32 bits per heavy atom. The summed E-state index contributed by atoms with van der Waals surface area (Å²) in [5.74, 6) is 2.79. The average Bonchev–Trinajstić information content (AvgIpc) is 2.34. The van der Waals surface area contributed by atoms with Gasteiger partial charge in [0.2, 0.25) is 0 Å². The van der Waals surface area contributed by atoms with Crippen LogP contribution in [0.25, 0.3) is 5.57 Å². The van der Waals surface area contributed by atoms with Crippen molar-refractivity contribution in [3.05, 3.63) is 53.1 Å². The third-order valence-electron chi connectivity index (χ3n) is 2.91. The van der Waals surface area contributed by atoms with Crippen molar-refractivity contribution in [3.63, 3.8) is 0 Å². The molecule has 0 aliphatic carbocycles. The molecule has 0 saturated heterocycles. The molecule has 1 aromatic rings. The van der Waals surface area contributed by atoms with Gasteiger partial charge in [-0.15, -0.1) is 12.3 Å². The van der Waals surface area contributed by atoms with Crippen LogP contribution in [0.5, 0.6) is 0 Å². The summed E-state index contributed by atoms with van der Waals surface area (Å²) in [7, 11) is 0. The zero-order valence-corrected chi connectivity index (χ0v) is 11.9. The van der Waals surface area contributed by atoms with Gasteiger partial charge in [0.15, 0.2) is 0 Å². The topological polar surface area (TPSA) is 17.1 Å². The Morgan fingerprint density at radius 2 is 1.95 bits per heavy atom. The number of hydrogen-bond acceptors (Lipinski definition) is 1. The van der Waals surface area contributed by atoms with Crippen molar-refractivity contribution in [1.82, 2.24) is 0 Å². The van der Waals surface area contributed by atoms with Crippen LogP contribution in [-0.2, 0) is 4.79 Å². The maximum atomic E-state index is 11.0. The lowest BCUT2D eigenvalue weighted by Gasteiger charge is -2.10. The molecule has 0 radical (unpaired) electrons. The molecule has 1 aromatic carbocycles. The zero-order valence-electron chi connectivity index (χ0n) is 11.9. The Labute approximate surface area is 116 Å². The van der Waals surface area contributed by atoms with Gasteiger partial charge in [-0.25, -0.2) is 0 Å². The molecule has 0 N–H and O–H groups in total. The summed E-state index contributed by atoms with van der Waals surface area (Å²) in [6, 6.07) is 6.22. The molecule has 0 aliphatic heterocycles. The molecule has 19 heavy (non-hydrogen) atoms. The first-order valence-corrected chi connectivity index (χ1v) is 6.42. The Morgan fingerprint density at radius 3 is 2.47 bits per heavy atom. The molecular weight excluding hydrogens is 232 g/mol. The fourth-order valence-corrected chi connectivity index (χ4v) is 2.04. The molecule has 1 heteroatoms. The highest BCUT2D eigenvalue weighted by atomic mass is 16.1. The van der Waals surface area contributed by atoms with E-state index in [0.717, 1.165) is 5.57 Å². The molecule has 0 unspecified atom stereocenters. The maximum Gasteiger partial charge on any atom is 0.133 e. The van der Waals surface area contributed by atoms with Crippen molar-refractivity contribution in [3.8, 4) is 12.3 Å². The number of terminal acetylenes is 1. The summed E-state index contributed by atoms with van der Waals surface area (Å²) in [6.45, 7) is 5.77. The van der Waals surface area contributed by atoms with Gasteiger partial charge in [0.25, 0.3) is 0 Å². The van der Waals surface area contributed by atoms with Crippen molar-refractivity contribution in [2.24, 2.45) is 0 Å². The van der Waals surface area contributed by atoms with Gasteiger partial charge in [-0.3, -0.25) is 4.79 Å². The number of Topliss-reactive ketones (excluding diaryl/α,β-unsaturated/α-hetero) is 1. The highest BCUT2D eigenvalue weighted by Crippen LogP contribution is 2.24. The molecule has 0 heterocycles. The lowest BCUT2D eigenvalue weighted by atomic mass is 9.94. The van der Waals surface area contributed by atoms with Crippen LogP contribution >= 0.6 is 0 Å². The molecule has 1 rings (SSSR count). The third kappa shape index (κ3) is 4.60. The second-order valence-electron chi connectivity index (χ2n) is 4.64. The number of rotatable bonds is 5. The molecule has 0 bridgehead atoms. The Hall–Kier alpha value is -2.07. The molecule has 0 fully saturated rings. The molecule has 1 nitrogen and oxygen atoms in total. The van der Waals surface area contributed by atoms with Crippen molar-refractivity contribution in [1.29, 1.82) is 0 Å². The SMILES string of the molecule is C#CC/C=C(\C=C/CC(C)=O)c1c(C)cccc1C. The minimum absolute atomic E-state index is 0.161. The van der Waals surface area contributed by atoms with Gasteiger partial charge >= 0.3 is 0 Å². The molecule has 0 spiro atoms. The van der Waals surface area contributed by atoms with E-state index in [1.54, 1.807) is 6.92 Å². The van der Waals surface area contributed by atoms with Crippen LogP contribution in [0.2, 0.25) is 0 Å². The summed E-state index contributed by atoms with van der Waals surface area (Å²) < 4.78 is 0. The first-order chi connectivity index (χ1) is 9.06. The fraction of sp³-hybridized carbons (Fsp3) is 0.278. The Bertz CT molecular complexity index is 533. The normalized spacial score (nSPS) is 11.6. The molecule has 0 amide bonds. The van der Waals surface area contributed by atoms with Crippen LogP contribution in [0, 0.1) is 26.2 Å². The highest BCUT2D eigenvalue weighted by molar-refractivity contribution is 5.81. The van der Waals surface area contributed by atoms with E-state index in [1.807, 2.05) is 24.3 Å². The summed E-state index contributed by atoms with van der Waals surface area (Å²) in [5.41, 5.74) is 4.74. The van der Waals surface area contributed by atoms with Crippen LogP contribution in [0.3, 0.4) is 0 Å². The third-order valence-corrected chi connectivity index (χ3v) is 2.91. The molecule has 0 aliphatic rings. The number of aryl methyl sites for hydroxylation is 2. The van der Waals surface area contributed by atoms with E-state index in [0.29, 0.717) is 12.8 Å². The predicted octanol–water partition coefficient (Wildman–Crippen LogP) is 4.25. The van der Waals surface area contributed by atoms with Gasteiger partial charge in [0, 0.05) is 12.8 Å². The Kier molecular flexibility index (Phi) is 5.82. The van der Waals surface area contributed by atoms with Gasteiger partial charge in [0.1, 0.15) is 5.78 Å². The minimum Gasteiger partial charge on any atom is -0.300 e. The van der Waals surface area contributed by atoms with Gasteiger partial charge in [-0.05, 0) is 43.0 Å². The number of carbonyl (C=O) groups is 1. The van der Waals surface area contributed by atoms with Crippen LogP contribution in [0.1, 0.15) is 36.5 Å². The largest absolute Gasteiger partial charge is 0.300 e. The van der Waals surface area contributed by atoms with E-state index in [9.17, 15) is 4.79 Å². The quantitative estimate of drug-likeness (QED) is 0.565. The van der Waals surface area contributed by atoms with Gasteiger partial charge in [0.05, 0.1) is 0 Å². The first-order valence-electron chi connectivity index (χ1n) is 6.42. The minimum atomic E-state index is 0.161. The van der Waals surface area contributed by atoms with Gasteiger partial charge in [-0.2, -0.15) is 0 Å². The van der Waals surface area contributed by atoms with Crippen molar-refractivity contribution in [2.45, 2.75) is 33.6 Å². The van der Waals surface area contributed by atoms with Crippen LogP contribution < -0.4 is 0 Å². The number of allylic oxidation sites excluding steroid dienone is 4. The highest BCUT2D eigenvalue weighted by Gasteiger charge is 2.05. The summed E-state index contributed by atoms with van der Waals surface area (Å²) in [6.07, 6.45) is 12.3. The monoisotopic (exact) mass is 252 g/mol. The predicted molar refractivity (Wildman–Crippen MR) is 81.8 cm³/mol. The van der Waals surface area contributed by atoms with E-state index in [2.05, 4.69) is 31.9 Å². The molecule has 0 aromatic heterocycles. The number of benzene rings is 1. The van der Waals surface area contributed by atoms with Gasteiger partial charge in [-0.1, -0.05) is 36.4 Å². The smallest absolute Gasteiger partial charge is 0.133 e. The van der Waals surface area contributed by atoms with Crippen LogP contribution in [0.15, 0.2) is 36.4 Å². The van der Waals surface area contributed by atoms with E-state index in [4.69, 9.17) is 6.42 Å². The lowest BCUT2D eigenvalue weighted by molar-refractivity contribution is -0.116. The number of ketones is 1.